The minimum atomic E-state index is 0.00746. The monoisotopic (exact) mass is 398 g/mol. The number of carbonyl (C=O) groups is 1. The molecule has 0 saturated carbocycles. The van der Waals surface area contributed by atoms with Crippen molar-refractivity contribution in [1.82, 2.24) is 15.5 Å². The maximum Gasteiger partial charge on any atom is 0.243 e. The Morgan fingerprint density at radius 1 is 1.26 bits per heavy atom. The van der Waals surface area contributed by atoms with Crippen molar-refractivity contribution < 1.29 is 14.3 Å². The molecule has 3 fully saturated rings. The predicted octanol–water partition coefficient (Wildman–Crippen LogP) is 1.09. The van der Waals surface area contributed by atoms with E-state index >= 15 is 0 Å². The van der Waals surface area contributed by atoms with E-state index in [1.54, 1.807) is 19.0 Å². The van der Waals surface area contributed by atoms with Gasteiger partial charge in [-0.25, -0.2) is 4.99 Å². The fourth-order valence-corrected chi connectivity index (χ4v) is 5.10. The van der Waals surface area contributed by atoms with Crippen LogP contribution in [0.15, 0.2) is 4.99 Å². The van der Waals surface area contributed by atoms with Crippen LogP contribution >= 0.6 is 11.8 Å². The number of rotatable bonds is 5. The summed E-state index contributed by atoms with van der Waals surface area (Å²) in [4.78, 5) is 18.1. The molecule has 0 bridgehead atoms. The van der Waals surface area contributed by atoms with Gasteiger partial charge in [0.25, 0.3) is 0 Å². The van der Waals surface area contributed by atoms with Crippen molar-refractivity contribution in [2.75, 3.05) is 58.5 Å². The largest absolute Gasteiger partial charge is 0.381 e. The summed E-state index contributed by atoms with van der Waals surface area (Å²) in [5, 5.41) is 7.02. The highest BCUT2D eigenvalue weighted by molar-refractivity contribution is 7.99. The van der Waals surface area contributed by atoms with Gasteiger partial charge in [0.1, 0.15) is 6.54 Å². The van der Waals surface area contributed by atoms with Gasteiger partial charge in [0, 0.05) is 45.8 Å². The number of aliphatic imine (C=N–C) groups is 1. The van der Waals surface area contributed by atoms with Gasteiger partial charge in [-0.15, -0.1) is 0 Å². The van der Waals surface area contributed by atoms with Crippen LogP contribution in [0.3, 0.4) is 0 Å². The number of nitrogens with zero attached hydrogens (tertiary/aromatic N) is 2. The van der Waals surface area contributed by atoms with Gasteiger partial charge in [0.05, 0.1) is 12.2 Å². The zero-order chi connectivity index (χ0) is 19.1. The van der Waals surface area contributed by atoms with Crippen LogP contribution in [0, 0.1) is 5.92 Å². The summed E-state index contributed by atoms with van der Waals surface area (Å²) in [6, 6.07) is 0.336. The molecule has 3 rings (SSSR count). The third kappa shape index (κ3) is 6.26. The molecule has 3 saturated heterocycles. The van der Waals surface area contributed by atoms with Crippen LogP contribution in [0.1, 0.15) is 32.1 Å². The number of ether oxygens (including phenoxy) is 2. The minimum absolute atomic E-state index is 0.00746. The van der Waals surface area contributed by atoms with Crippen molar-refractivity contribution in [2.24, 2.45) is 10.9 Å². The van der Waals surface area contributed by atoms with E-state index < -0.39 is 0 Å². The molecule has 3 aliphatic rings. The van der Waals surface area contributed by atoms with Crippen molar-refractivity contribution in [1.29, 1.82) is 0 Å². The Balaban J connectivity index is 1.58. The van der Waals surface area contributed by atoms with Crippen molar-refractivity contribution in [3.05, 3.63) is 0 Å². The van der Waals surface area contributed by atoms with Crippen molar-refractivity contribution in [3.63, 3.8) is 0 Å². The molecule has 2 N–H and O–H groups in total. The van der Waals surface area contributed by atoms with Gasteiger partial charge in [-0.2, -0.15) is 11.8 Å². The Bertz CT molecular complexity index is 512. The molecule has 0 aromatic rings. The number of thioether (sulfide) groups is 1. The number of likely N-dealkylation sites (N-methyl/N-ethyl adjacent to an activating group) is 1. The molecule has 0 aliphatic carbocycles. The van der Waals surface area contributed by atoms with Crippen LogP contribution in [0.4, 0.5) is 0 Å². The van der Waals surface area contributed by atoms with E-state index in [4.69, 9.17) is 9.47 Å². The Hall–Kier alpha value is -0.990. The summed E-state index contributed by atoms with van der Waals surface area (Å²) in [7, 11) is 3.52. The van der Waals surface area contributed by atoms with Gasteiger partial charge < -0.3 is 25.0 Å². The van der Waals surface area contributed by atoms with E-state index in [0.29, 0.717) is 12.0 Å². The molecule has 0 aromatic carbocycles. The summed E-state index contributed by atoms with van der Waals surface area (Å²) >= 11 is 2.02. The Kier molecular flexibility index (Phi) is 7.66. The minimum Gasteiger partial charge on any atom is -0.381 e. The molecule has 3 aliphatic heterocycles. The fourth-order valence-electron chi connectivity index (χ4n) is 3.86. The lowest BCUT2D eigenvalue weighted by Crippen LogP contribution is -2.53. The number of guanidine groups is 1. The van der Waals surface area contributed by atoms with Gasteiger partial charge in [-0.05, 0) is 43.6 Å². The lowest BCUT2D eigenvalue weighted by Gasteiger charge is -2.43. The predicted molar refractivity (Wildman–Crippen MR) is 109 cm³/mol. The SMILES string of the molecule is CN(C)C(=O)CN=C(NCC1CCOC1)NC1CCOC2(CCSCC2)C1. The van der Waals surface area contributed by atoms with E-state index in [1.807, 2.05) is 11.8 Å². The number of hydrogen-bond acceptors (Lipinski definition) is 5. The molecule has 7 nitrogen and oxygen atoms in total. The normalized spacial score (nSPS) is 28.1. The summed E-state index contributed by atoms with van der Waals surface area (Å²) < 4.78 is 11.7. The van der Waals surface area contributed by atoms with Crippen molar-refractivity contribution >= 4 is 23.6 Å². The number of amides is 1. The quantitative estimate of drug-likeness (QED) is 0.533. The molecule has 3 heterocycles. The highest BCUT2D eigenvalue weighted by atomic mass is 32.2. The second kappa shape index (κ2) is 9.98. The molecule has 1 spiro atoms. The van der Waals surface area contributed by atoms with Crippen molar-refractivity contribution in [3.8, 4) is 0 Å². The van der Waals surface area contributed by atoms with Gasteiger partial charge in [-0.3, -0.25) is 4.79 Å². The zero-order valence-electron chi connectivity index (χ0n) is 16.7. The first-order chi connectivity index (χ1) is 13.1. The first kappa shape index (κ1) is 20.7. The van der Waals surface area contributed by atoms with E-state index in [-0.39, 0.29) is 18.1 Å². The standard InChI is InChI=1S/C19H34N4O3S/c1-23(2)17(24)13-21-18(20-12-15-3-7-25-14-15)22-16-4-8-26-19(11-16)5-9-27-10-6-19/h15-16H,3-14H2,1-2H3,(H2,20,21,22). The number of carbonyl (C=O) groups excluding carboxylic acids is 1. The van der Waals surface area contributed by atoms with Crippen molar-refractivity contribution in [2.45, 2.75) is 43.7 Å². The molecule has 2 unspecified atom stereocenters. The third-order valence-electron chi connectivity index (χ3n) is 5.69. The lowest BCUT2D eigenvalue weighted by atomic mass is 9.85. The zero-order valence-corrected chi connectivity index (χ0v) is 17.5. The molecule has 154 valence electrons. The first-order valence-electron chi connectivity index (χ1n) is 10.1. The number of nitrogens with one attached hydrogen (secondary N) is 2. The van der Waals surface area contributed by atoms with Gasteiger partial charge in [0.2, 0.25) is 5.91 Å². The molecule has 8 heteroatoms. The Morgan fingerprint density at radius 2 is 2.07 bits per heavy atom. The van der Waals surface area contributed by atoms with Crippen LogP contribution in [0.5, 0.6) is 0 Å². The van der Waals surface area contributed by atoms with Crippen LogP contribution in [0.2, 0.25) is 0 Å². The smallest absolute Gasteiger partial charge is 0.243 e. The average molecular weight is 399 g/mol. The maximum atomic E-state index is 12.0. The highest BCUT2D eigenvalue weighted by Gasteiger charge is 2.39. The average Bonchev–Trinajstić information content (AvgIpc) is 3.18. The summed E-state index contributed by atoms with van der Waals surface area (Å²) in [5.41, 5.74) is 0.0328. The van der Waals surface area contributed by atoms with Crippen LogP contribution < -0.4 is 10.6 Å². The molecule has 27 heavy (non-hydrogen) atoms. The van der Waals surface area contributed by atoms with Gasteiger partial charge >= 0.3 is 0 Å². The molecule has 0 aromatic heterocycles. The lowest BCUT2D eigenvalue weighted by molar-refractivity contribution is -0.127. The molecule has 2 atom stereocenters. The highest BCUT2D eigenvalue weighted by Crippen LogP contribution is 2.37. The van der Waals surface area contributed by atoms with Crippen LogP contribution in [-0.4, -0.2) is 86.9 Å². The molecule has 0 radical (unpaired) electrons. The number of hydrogen-bond donors (Lipinski definition) is 2. The second-order valence-electron chi connectivity index (χ2n) is 8.04. The summed E-state index contributed by atoms with van der Waals surface area (Å²) in [6.07, 6.45) is 5.34. The van der Waals surface area contributed by atoms with E-state index in [9.17, 15) is 4.79 Å². The van der Waals surface area contributed by atoms with Crippen LogP contribution in [-0.2, 0) is 14.3 Å². The molecular formula is C19H34N4O3S. The Morgan fingerprint density at radius 3 is 2.78 bits per heavy atom. The van der Waals surface area contributed by atoms with E-state index in [1.165, 1.54) is 11.5 Å². The van der Waals surface area contributed by atoms with Gasteiger partial charge in [0.15, 0.2) is 5.96 Å². The summed E-state index contributed by atoms with van der Waals surface area (Å²) in [6.45, 7) is 3.42. The second-order valence-corrected chi connectivity index (χ2v) is 9.27. The first-order valence-corrected chi connectivity index (χ1v) is 11.3. The van der Waals surface area contributed by atoms with E-state index in [0.717, 1.165) is 64.4 Å². The Labute approximate surface area is 167 Å². The maximum absolute atomic E-state index is 12.0. The summed E-state index contributed by atoms with van der Waals surface area (Å²) in [5.74, 6) is 3.63. The molecule has 1 amide bonds. The van der Waals surface area contributed by atoms with E-state index in [2.05, 4.69) is 15.6 Å². The topological polar surface area (TPSA) is 75.2 Å². The van der Waals surface area contributed by atoms with Gasteiger partial charge in [-0.1, -0.05) is 0 Å². The molecular weight excluding hydrogens is 364 g/mol. The fraction of sp³-hybridized carbons (Fsp3) is 0.895. The third-order valence-corrected chi connectivity index (χ3v) is 6.68. The van der Waals surface area contributed by atoms with Crippen LogP contribution in [0.25, 0.3) is 0 Å².